The molecule has 0 aliphatic carbocycles. The van der Waals surface area contributed by atoms with E-state index in [1.54, 1.807) is 18.4 Å². The average Bonchev–Trinajstić information content (AvgIpc) is 3.19. The Morgan fingerprint density at radius 1 is 1.24 bits per heavy atom. The summed E-state index contributed by atoms with van der Waals surface area (Å²) in [7, 11) is 1.77. The second kappa shape index (κ2) is 11.4. The maximum Gasteiger partial charge on any atom is 0.226 e. The van der Waals surface area contributed by atoms with E-state index in [0.717, 1.165) is 54.8 Å². The predicted octanol–water partition coefficient (Wildman–Crippen LogP) is 2.92. The van der Waals surface area contributed by atoms with Crippen LogP contribution in [0.2, 0.25) is 0 Å². The Labute approximate surface area is 170 Å². The standard InChI is InChI=1S/C16H26N6OS.HI/c1-11(2)15-21-14(23-22-15)6-5-8-18-16(17-4)19-9-7-13-10-24-12(3)20-13;/h10-11H,5-9H2,1-4H3,(H2,17,18,19);1H. The molecule has 0 aromatic carbocycles. The van der Waals surface area contributed by atoms with Gasteiger partial charge >= 0.3 is 0 Å². The summed E-state index contributed by atoms with van der Waals surface area (Å²) in [6.07, 6.45) is 2.57. The highest BCUT2D eigenvalue weighted by Gasteiger charge is 2.09. The summed E-state index contributed by atoms with van der Waals surface area (Å²) in [6, 6.07) is 0. The molecule has 2 rings (SSSR count). The van der Waals surface area contributed by atoms with E-state index in [9.17, 15) is 0 Å². The van der Waals surface area contributed by atoms with E-state index in [1.165, 1.54) is 0 Å². The molecule has 9 heteroatoms. The zero-order valence-electron chi connectivity index (χ0n) is 15.2. The van der Waals surface area contributed by atoms with Gasteiger partial charge in [0.1, 0.15) is 0 Å². The van der Waals surface area contributed by atoms with Crippen molar-refractivity contribution in [3.63, 3.8) is 0 Å². The average molecular weight is 478 g/mol. The number of aliphatic imine (C=N–C) groups is 1. The van der Waals surface area contributed by atoms with Gasteiger partial charge in [-0.1, -0.05) is 19.0 Å². The van der Waals surface area contributed by atoms with Crippen LogP contribution in [0.15, 0.2) is 14.9 Å². The first kappa shape index (κ1) is 21.8. The summed E-state index contributed by atoms with van der Waals surface area (Å²) in [5.74, 6) is 2.57. The number of halogens is 1. The van der Waals surface area contributed by atoms with Gasteiger partial charge in [0, 0.05) is 44.3 Å². The summed E-state index contributed by atoms with van der Waals surface area (Å²) >= 11 is 1.68. The maximum absolute atomic E-state index is 5.23. The lowest BCUT2D eigenvalue weighted by atomic mass is 10.2. The zero-order valence-corrected chi connectivity index (χ0v) is 18.4. The quantitative estimate of drug-likeness (QED) is 0.263. The molecule has 0 aliphatic heterocycles. The van der Waals surface area contributed by atoms with Gasteiger partial charge in [0.2, 0.25) is 5.89 Å². The number of guanidine groups is 1. The van der Waals surface area contributed by atoms with Crippen molar-refractivity contribution < 1.29 is 4.52 Å². The molecule has 0 atom stereocenters. The van der Waals surface area contributed by atoms with Crippen molar-refractivity contribution in [2.24, 2.45) is 4.99 Å². The van der Waals surface area contributed by atoms with Crippen LogP contribution in [0.5, 0.6) is 0 Å². The molecular weight excluding hydrogens is 451 g/mol. The van der Waals surface area contributed by atoms with Gasteiger partial charge in [0.05, 0.1) is 10.7 Å². The largest absolute Gasteiger partial charge is 0.356 e. The Morgan fingerprint density at radius 2 is 2.00 bits per heavy atom. The first-order valence-electron chi connectivity index (χ1n) is 8.26. The fraction of sp³-hybridized carbons (Fsp3) is 0.625. The minimum atomic E-state index is 0. The normalized spacial score (nSPS) is 11.5. The van der Waals surface area contributed by atoms with Crippen LogP contribution in [-0.4, -0.2) is 41.2 Å². The third-order valence-corrected chi connectivity index (χ3v) is 4.25. The molecule has 2 aromatic rings. The fourth-order valence-electron chi connectivity index (χ4n) is 2.10. The molecule has 2 N–H and O–H groups in total. The lowest BCUT2D eigenvalue weighted by molar-refractivity contribution is 0.368. The van der Waals surface area contributed by atoms with E-state index in [4.69, 9.17) is 4.52 Å². The van der Waals surface area contributed by atoms with Crippen molar-refractivity contribution >= 4 is 41.3 Å². The molecule has 2 heterocycles. The lowest BCUT2D eigenvalue weighted by Crippen LogP contribution is -2.38. The zero-order chi connectivity index (χ0) is 17.4. The van der Waals surface area contributed by atoms with Crippen LogP contribution < -0.4 is 10.6 Å². The van der Waals surface area contributed by atoms with Crippen molar-refractivity contribution in [3.05, 3.63) is 27.8 Å². The molecule has 0 spiro atoms. The van der Waals surface area contributed by atoms with Crippen molar-refractivity contribution in [1.29, 1.82) is 0 Å². The van der Waals surface area contributed by atoms with Crippen LogP contribution >= 0.6 is 35.3 Å². The minimum absolute atomic E-state index is 0. The van der Waals surface area contributed by atoms with Crippen molar-refractivity contribution in [1.82, 2.24) is 25.8 Å². The fourth-order valence-corrected chi connectivity index (χ4v) is 2.75. The second-order valence-electron chi connectivity index (χ2n) is 5.84. The van der Waals surface area contributed by atoms with E-state index < -0.39 is 0 Å². The number of rotatable bonds is 8. The number of hydrogen-bond acceptors (Lipinski definition) is 6. The number of nitrogens with zero attached hydrogens (tertiary/aromatic N) is 4. The lowest BCUT2D eigenvalue weighted by Gasteiger charge is -2.10. The Hall–Kier alpha value is -1.23. The molecule has 0 saturated heterocycles. The highest BCUT2D eigenvalue weighted by molar-refractivity contribution is 14.0. The minimum Gasteiger partial charge on any atom is -0.356 e. The number of hydrogen-bond donors (Lipinski definition) is 2. The molecule has 140 valence electrons. The molecule has 2 aromatic heterocycles. The molecule has 0 aliphatic rings. The van der Waals surface area contributed by atoms with Crippen LogP contribution in [0.25, 0.3) is 0 Å². The van der Waals surface area contributed by atoms with Gasteiger partial charge in [-0.15, -0.1) is 35.3 Å². The molecule has 25 heavy (non-hydrogen) atoms. The Kier molecular flexibility index (Phi) is 9.94. The van der Waals surface area contributed by atoms with Gasteiger partial charge in [0.15, 0.2) is 11.8 Å². The number of aryl methyl sites for hydroxylation is 2. The number of aromatic nitrogens is 3. The molecule has 0 amide bonds. The summed E-state index contributed by atoms with van der Waals surface area (Å²) in [5.41, 5.74) is 1.12. The van der Waals surface area contributed by atoms with E-state index >= 15 is 0 Å². The predicted molar refractivity (Wildman–Crippen MR) is 112 cm³/mol. The Bertz CT molecular complexity index is 655. The van der Waals surface area contributed by atoms with Crippen LogP contribution in [0.3, 0.4) is 0 Å². The number of thiazole rings is 1. The summed E-state index contributed by atoms with van der Waals surface area (Å²) < 4.78 is 5.23. The smallest absolute Gasteiger partial charge is 0.226 e. The highest BCUT2D eigenvalue weighted by atomic mass is 127. The topological polar surface area (TPSA) is 88.2 Å². The third kappa shape index (κ3) is 7.68. The Morgan fingerprint density at radius 3 is 2.60 bits per heavy atom. The molecule has 0 unspecified atom stereocenters. The van der Waals surface area contributed by atoms with E-state index in [-0.39, 0.29) is 24.0 Å². The highest BCUT2D eigenvalue weighted by Crippen LogP contribution is 2.10. The molecular formula is C16H27IN6OS. The molecule has 7 nitrogen and oxygen atoms in total. The van der Waals surface area contributed by atoms with E-state index in [0.29, 0.717) is 11.8 Å². The SMILES string of the molecule is CN=C(NCCCc1nc(C(C)C)no1)NCCc1csc(C)n1.I. The van der Waals surface area contributed by atoms with Crippen molar-refractivity contribution in [2.45, 2.75) is 46.0 Å². The molecule has 0 radical (unpaired) electrons. The van der Waals surface area contributed by atoms with E-state index in [1.807, 2.05) is 6.92 Å². The third-order valence-electron chi connectivity index (χ3n) is 3.42. The van der Waals surface area contributed by atoms with Crippen molar-refractivity contribution in [2.75, 3.05) is 20.1 Å². The molecule has 0 bridgehead atoms. The van der Waals surface area contributed by atoms with Crippen LogP contribution in [-0.2, 0) is 12.8 Å². The van der Waals surface area contributed by atoms with Crippen molar-refractivity contribution in [3.8, 4) is 0 Å². The monoisotopic (exact) mass is 478 g/mol. The first-order valence-corrected chi connectivity index (χ1v) is 9.14. The molecule has 0 fully saturated rings. The summed E-state index contributed by atoms with van der Waals surface area (Å²) in [6.45, 7) is 7.74. The first-order chi connectivity index (χ1) is 11.6. The van der Waals surface area contributed by atoms with Gasteiger partial charge in [-0.3, -0.25) is 4.99 Å². The Balaban J connectivity index is 0.00000312. The van der Waals surface area contributed by atoms with Gasteiger partial charge in [-0.05, 0) is 13.3 Å². The van der Waals surface area contributed by atoms with Gasteiger partial charge in [0.25, 0.3) is 0 Å². The van der Waals surface area contributed by atoms with Gasteiger partial charge in [-0.25, -0.2) is 4.98 Å². The van der Waals surface area contributed by atoms with Crippen LogP contribution in [0.4, 0.5) is 0 Å². The summed E-state index contributed by atoms with van der Waals surface area (Å²) in [4.78, 5) is 13.0. The van der Waals surface area contributed by atoms with E-state index in [2.05, 4.69) is 50.0 Å². The molecule has 0 saturated carbocycles. The maximum atomic E-state index is 5.23. The summed E-state index contributed by atoms with van der Waals surface area (Å²) in [5, 5.41) is 13.8. The van der Waals surface area contributed by atoms with Crippen LogP contribution in [0.1, 0.15) is 48.6 Å². The second-order valence-corrected chi connectivity index (χ2v) is 6.90. The van der Waals surface area contributed by atoms with Gasteiger partial charge < -0.3 is 15.2 Å². The number of nitrogens with one attached hydrogen (secondary N) is 2. The van der Waals surface area contributed by atoms with Gasteiger partial charge in [-0.2, -0.15) is 4.98 Å². The van der Waals surface area contributed by atoms with Crippen LogP contribution in [0, 0.1) is 6.92 Å².